The summed E-state index contributed by atoms with van der Waals surface area (Å²) in [6.07, 6.45) is 0. The van der Waals surface area contributed by atoms with Crippen LogP contribution in [0, 0.1) is 17.2 Å². The predicted octanol–water partition coefficient (Wildman–Crippen LogP) is -0.304. The van der Waals surface area contributed by atoms with Crippen LogP contribution in [0.2, 0.25) is 0 Å². The summed E-state index contributed by atoms with van der Waals surface area (Å²) >= 11 is 0. The van der Waals surface area contributed by atoms with Crippen LogP contribution in [0.5, 0.6) is 0 Å². The van der Waals surface area contributed by atoms with E-state index in [0.717, 1.165) is 0 Å². The molecule has 1 rings (SSSR count). The fraction of sp³-hybridized carbons (Fsp3) is 0.571. The highest BCUT2D eigenvalue weighted by Gasteiger charge is 2.36. The zero-order chi connectivity index (χ0) is 9.30. The van der Waals surface area contributed by atoms with Crippen molar-refractivity contribution in [2.45, 2.75) is 13.0 Å². The van der Waals surface area contributed by atoms with Crippen molar-refractivity contribution in [3.63, 3.8) is 0 Å². The Hall–Kier alpha value is -1.57. The molecule has 1 fully saturated rings. The van der Waals surface area contributed by atoms with Crippen LogP contribution in [0.25, 0.3) is 0 Å². The average Bonchev–Trinajstić information content (AvgIpc) is 2.01. The third kappa shape index (κ3) is 1.11. The largest absolute Gasteiger partial charge is 0.324 e. The van der Waals surface area contributed by atoms with Crippen LogP contribution in [0.1, 0.15) is 6.92 Å². The van der Waals surface area contributed by atoms with Gasteiger partial charge in [0.15, 0.2) is 0 Å². The van der Waals surface area contributed by atoms with E-state index in [-0.39, 0.29) is 6.04 Å². The standard InChI is InChI=1S/C7H9N3O2/c1-4-5(3-8)6(11)9-7(12)10(4)2/h4-5H,1-2H3,(H,9,11,12). The summed E-state index contributed by atoms with van der Waals surface area (Å²) in [5.74, 6) is -1.26. The van der Waals surface area contributed by atoms with Gasteiger partial charge in [-0.3, -0.25) is 10.1 Å². The van der Waals surface area contributed by atoms with Gasteiger partial charge in [-0.2, -0.15) is 5.26 Å². The van der Waals surface area contributed by atoms with Gasteiger partial charge in [-0.15, -0.1) is 0 Å². The number of carbonyl (C=O) groups excluding carboxylic acids is 2. The lowest BCUT2D eigenvalue weighted by Gasteiger charge is -2.32. The minimum Gasteiger partial charge on any atom is -0.323 e. The zero-order valence-corrected chi connectivity index (χ0v) is 6.87. The number of nitrogens with zero attached hydrogens (tertiary/aromatic N) is 2. The normalized spacial score (nSPS) is 29.6. The molecular formula is C7H9N3O2. The SMILES string of the molecule is CC1C(C#N)C(=O)NC(=O)N1C. The van der Waals surface area contributed by atoms with E-state index >= 15 is 0 Å². The number of urea groups is 1. The molecule has 5 nitrogen and oxygen atoms in total. The van der Waals surface area contributed by atoms with Crippen LogP contribution in [0.15, 0.2) is 0 Å². The molecule has 2 atom stereocenters. The molecule has 5 heteroatoms. The second-order valence-electron chi connectivity index (χ2n) is 2.75. The predicted molar refractivity (Wildman–Crippen MR) is 39.9 cm³/mol. The lowest BCUT2D eigenvalue weighted by atomic mass is 9.99. The summed E-state index contributed by atoms with van der Waals surface area (Å²) in [5, 5.41) is 10.7. The number of nitriles is 1. The van der Waals surface area contributed by atoms with Crippen LogP contribution in [0.4, 0.5) is 4.79 Å². The first-order valence-corrected chi connectivity index (χ1v) is 3.55. The third-order valence-electron chi connectivity index (χ3n) is 2.07. The van der Waals surface area contributed by atoms with Crippen molar-refractivity contribution in [2.75, 3.05) is 7.05 Å². The lowest BCUT2D eigenvalue weighted by molar-refractivity contribution is -0.125. The molecule has 0 saturated carbocycles. The van der Waals surface area contributed by atoms with Gasteiger partial charge in [0.1, 0.15) is 5.92 Å². The first-order valence-electron chi connectivity index (χ1n) is 3.55. The molecule has 1 aliphatic heterocycles. The average molecular weight is 167 g/mol. The molecule has 0 bridgehead atoms. The number of carbonyl (C=O) groups is 2. The Kier molecular flexibility index (Phi) is 2.00. The molecule has 64 valence electrons. The molecule has 0 radical (unpaired) electrons. The molecule has 1 heterocycles. The fourth-order valence-electron chi connectivity index (χ4n) is 1.07. The highest BCUT2D eigenvalue weighted by molar-refractivity contribution is 5.99. The second-order valence-corrected chi connectivity index (χ2v) is 2.75. The Morgan fingerprint density at radius 2 is 2.17 bits per heavy atom. The Morgan fingerprint density at radius 1 is 1.58 bits per heavy atom. The fourth-order valence-corrected chi connectivity index (χ4v) is 1.07. The summed E-state index contributed by atoms with van der Waals surface area (Å²) in [6, 6.07) is 1.05. The van der Waals surface area contributed by atoms with Crippen molar-refractivity contribution in [1.29, 1.82) is 5.26 Å². The Morgan fingerprint density at radius 3 is 2.67 bits per heavy atom. The molecule has 1 aliphatic rings. The van der Waals surface area contributed by atoms with Gasteiger partial charge >= 0.3 is 6.03 Å². The van der Waals surface area contributed by atoms with E-state index in [9.17, 15) is 9.59 Å². The molecule has 12 heavy (non-hydrogen) atoms. The van der Waals surface area contributed by atoms with Crippen LogP contribution in [0.3, 0.4) is 0 Å². The van der Waals surface area contributed by atoms with E-state index in [0.29, 0.717) is 0 Å². The Bertz CT molecular complexity index is 268. The van der Waals surface area contributed by atoms with Gasteiger partial charge in [0.25, 0.3) is 0 Å². The molecule has 3 amide bonds. The van der Waals surface area contributed by atoms with E-state index in [2.05, 4.69) is 5.32 Å². The Balaban J connectivity index is 2.88. The monoisotopic (exact) mass is 167 g/mol. The van der Waals surface area contributed by atoms with Crippen LogP contribution < -0.4 is 5.32 Å². The molecule has 1 saturated heterocycles. The van der Waals surface area contributed by atoms with Crippen molar-refractivity contribution in [1.82, 2.24) is 10.2 Å². The zero-order valence-electron chi connectivity index (χ0n) is 6.87. The van der Waals surface area contributed by atoms with Crippen molar-refractivity contribution >= 4 is 11.9 Å². The first kappa shape index (κ1) is 8.53. The number of nitrogens with one attached hydrogen (secondary N) is 1. The van der Waals surface area contributed by atoms with Crippen molar-refractivity contribution in [3.05, 3.63) is 0 Å². The molecule has 1 N–H and O–H groups in total. The Labute approximate surface area is 69.9 Å². The number of imide groups is 1. The van der Waals surface area contributed by atoms with E-state index < -0.39 is 17.9 Å². The van der Waals surface area contributed by atoms with Crippen molar-refractivity contribution in [2.24, 2.45) is 5.92 Å². The van der Waals surface area contributed by atoms with E-state index in [1.165, 1.54) is 4.90 Å². The second kappa shape index (κ2) is 2.81. The van der Waals surface area contributed by atoms with Crippen LogP contribution in [-0.2, 0) is 4.79 Å². The van der Waals surface area contributed by atoms with Gasteiger partial charge in [-0.25, -0.2) is 4.79 Å². The lowest BCUT2D eigenvalue weighted by Crippen LogP contribution is -2.57. The van der Waals surface area contributed by atoms with Crippen molar-refractivity contribution < 1.29 is 9.59 Å². The molecule has 2 unspecified atom stereocenters. The van der Waals surface area contributed by atoms with Gasteiger partial charge in [-0.05, 0) is 6.92 Å². The minimum atomic E-state index is -0.757. The highest BCUT2D eigenvalue weighted by Crippen LogP contribution is 2.13. The summed E-state index contributed by atoms with van der Waals surface area (Å²) in [7, 11) is 1.55. The quantitative estimate of drug-likeness (QED) is 0.538. The maximum Gasteiger partial charge on any atom is 0.324 e. The van der Waals surface area contributed by atoms with Crippen LogP contribution in [-0.4, -0.2) is 29.9 Å². The number of amides is 3. The molecule has 0 aromatic carbocycles. The molecular weight excluding hydrogens is 158 g/mol. The van der Waals surface area contributed by atoms with Gasteiger partial charge in [0.05, 0.1) is 12.1 Å². The van der Waals surface area contributed by atoms with Gasteiger partial charge in [-0.1, -0.05) is 0 Å². The maximum atomic E-state index is 11.0. The smallest absolute Gasteiger partial charge is 0.323 e. The van der Waals surface area contributed by atoms with Gasteiger partial charge < -0.3 is 4.90 Å². The van der Waals surface area contributed by atoms with Crippen molar-refractivity contribution in [3.8, 4) is 6.07 Å². The number of hydrogen-bond acceptors (Lipinski definition) is 3. The van der Waals surface area contributed by atoms with E-state index in [4.69, 9.17) is 5.26 Å². The minimum absolute atomic E-state index is 0.351. The summed E-state index contributed by atoms with van der Waals surface area (Å²) in [6.45, 7) is 1.67. The van der Waals surface area contributed by atoms with Gasteiger partial charge in [0.2, 0.25) is 5.91 Å². The molecule has 0 aromatic heterocycles. The summed E-state index contributed by atoms with van der Waals surface area (Å²) in [5.41, 5.74) is 0. The third-order valence-corrected chi connectivity index (χ3v) is 2.07. The van der Waals surface area contributed by atoms with E-state index in [1.807, 2.05) is 6.07 Å². The highest BCUT2D eigenvalue weighted by atomic mass is 16.2. The number of hydrogen-bond donors (Lipinski definition) is 1. The van der Waals surface area contributed by atoms with Gasteiger partial charge in [0, 0.05) is 7.05 Å². The van der Waals surface area contributed by atoms with Crippen LogP contribution >= 0.6 is 0 Å². The maximum absolute atomic E-state index is 11.0. The molecule has 0 aliphatic carbocycles. The summed E-state index contributed by atoms with van der Waals surface area (Å²) in [4.78, 5) is 23.3. The molecule has 0 spiro atoms. The van der Waals surface area contributed by atoms with E-state index in [1.54, 1.807) is 14.0 Å². The topological polar surface area (TPSA) is 73.2 Å². The summed E-state index contributed by atoms with van der Waals surface area (Å²) < 4.78 is 0. The molecule has 0 aromatic rings. The first-order chi connectivity index (χ1) is 5.57. The number of rotatable bonds is 0.